The molecule has 3 nitrogen and oxygen atoms in total. The number of para-hydroxylation sites is 2. The Morgan fingerprint density at radius 2 is 2.00 bits per heavy atom. The molecule has 110 valence electrons. The molecule has 0 spiro atoms. The molecular formula is C18H11N3S2. The van der Waals surface area contributed by atoms with Gasteiger partial charge in [0.05, 0.1) is 15.1 Å². The van der Waals surface area contributed by atoms with E-state index in [0.29, 0.717) is 4.91 Å². The van der Waals surface area contributed by atoms with Gasteiger partial charge in [-0.15, -0.1) is 11.3 Å². The van der Waals surface area contributed by atoms with Gasteiger partial charge in [0.25, 0.3) is 0 Å². The van der Waals surface area contributed by atoms with Crippen LogP contribution in [-0.4, -0.2) is 9.97 Å². The number of aromatic amines is 1. The summed E-state index contributed by atoms with van der Waals surface area (Å²) >= 11 is 3.02. The molecule has 2 aromatic heterocycles. The number of thioether (sulfide) groups is 1. The predicted octanol–water partition coefficient (Wildman–Crippen LogP) is 5.43. The minimum Gasteiger partial charge on any atom is -0.361 e. The van der Waals surface area contributed by atoms with Gasteiger partial charge in [0.1, 0.15) is 6.07 Å². The van der Waals surface area contributed by atoms with Gasteiger partial charge in [-0.1, -0.05) is 30.3 Å². The van der Waals surface area contributed by atoms with Crippen molar-refractivity contribution in [3.63, 3.8) is 0 Å². The Bertz CT molecular complexity index is 1030. The minimum atomic E-state index is 0.633. The molecule has 2 aromatic carbocycles. The van der Waals surface area contributed by atoms with Crippen LogP contribution in [0.15, 0.2) is 64.0 Å². The third-order valence-electron chi connectivity index (χ3n) is 3.49. The molecule has 0 aliphatic heterocycles. The van der Waals surface area contributed by atoms with Gasteiger partial charge in [-0.05, 0) is 36.0 Å². The smallest absolute Gasteiger partial charge is 0.156 e. The van der Waals surface area contributed by atoms with Gasteiger partial charge in [0.2, 0.25) is 0 Å². The Morgan fingerprint density at radius 1 is 1.17 bits per heavy atom. The van der Waals surface area contributed by atoms with Crippen molar-refractivity contribution in [3.8, 4) is 6.07 Å². The molecule has 0 fully saturated rings. The van der Waals surface area contributed by atoms with Crippen LogP contribution in [-0.2, 0) is 0 Å². The first-order valence-corrected chi connectivity index (χ1v) is 8.68. The highest BCUT2D eigenvalue weighted by Gasteiger charge is 2.08. The quantitative estimate of drug-likeness (QED) is 0.401. The summed E-state index contributed by atoms with van der Waals surface area (Å²) in [6.07, 6.45) is 3.84. The van der Waals surface area contributed by atoms with Crippen molar-refractivity contribution in [1.82, 2.24) is 9.97 Å². The van der Waals surface area contributed by atoms with E-state index in [9.17, 15) is 5.26 Å². The Labute approximate surface area is 141 Å². The number of rotatable bonds is 3. The summed E-state index contributed by atoms with van der Waals surface area (Å²) in [5.41, 5.74) is 3.07. The van der Waals surface area contributed by atoms with Crippen LogP contribution in [0.3, 0.4) is 0 Å². The number of aromatic nitrogens is 2. The summed E-state index contributed by atoms with van der Waals surface area (Å²) in [6, 6.07) is 18.4. The fourth-order valence-corrected chi connectivity index (χ4v) is 4.39. The number of nitrogens with one attached hydrogen (secondary N) is 1. The maximum Gasteiger partial charge on any atom is 0.156 e. The lowest BCUT2D eigenvalue weighted by Gasteiger charge is -1.95. The number of allylic oxidation sites excluding steroid dienone is 1. The van der Waals surface area contributed by atoms with E-state index >= 15 is 0 Å². The Balaban J connectivity index is 1.69. The van der Waals surface area contributed by atoms with Gasteiger partial charge in [0.15, 0.2) is 4.34 Å². The molecule has 4 aromatic rings. The number of hydrogen-bond acceptors (Lipinski definition) is 4. The number of benzene rings is 2. The standard InChI is InChI=1S/C18H11N3S2/c19-10-13(9-12-11-20-15-6-2-1-5-14(12)15)22-18-21-16-7-3-4-8-17(16)23-18/h1-9,11,20H. The summed E-state index contributed by atoms with van der Waals surface area (Å²) in [5.74, 6) is 0. The molecule has 0 saturated heterocycles. The van der Waals surface area contributed by atoms with E-state index in [1.165, 1.54) is 11.8 Å². The van der Waals surface area contributed by atoms with Crippen molar-refractivity contribution in [2.75, 3.05) is 0 Å². The lowest BCUT2D eigenvalue weighted by molar-refractivity contribution is 1.31. The Kier molecular flexibility index (Phi) is 3.62. The molecule has 0 aliphatic carbocycles. The lowest BCUT2D eigenvalue weighted by atomic mass is 10.1. The number of nitriles is 1. The van der Waals surface area contributed by atoms with Crippen LogP contribution in [0.5, 0.6) is 0 Å². The van der Waals surface area contributed by atoms with E-state index in [1.807, 2.05) is 54.7 Å². The molecule has 1 N–H and O–H groups in total. The maximum absolute atomic E-state index is 9.46. The van der Waals surface area contributed by atoms with Gasteiger partial charge >= 0.3 is 0 Å². The maximum atomic E-state index is 9.46. The van der Waals surface area contributed by atoms with Crippen LogP contribution in [0.25, 0.3) is 27.2 Å². The van der Waals surface area contributed by atoms with Gasteiger partial charge in [-0.2, -0.15) is 5.26 Å². The summed E-state index contributed by atoms with van der Waals surface area (Å²) in [5, 5.41) is 10.6. The molecule has 0 bridgehead atoms. The Hall–Kier alpha value is -2.55. The molecule has 0 unspecified atom stereocenters. The second kappa shape index (κ2) is 5.92. The van der Waals surface area contributed by atoms with E-state index in [-0.39, 0.29) is 0 Å². The number of fused-ring (bicyclic) bond motifs is 2. The third-order valence-corrected chi connectivity index (χ3v) is 5.52. The SMILES string of the molecule is N#CC(=Cc1c[nH]c2ccccc12)Sc1nc2ccccc2s1. The van der Waals surface area contributed by atoms with Crippen LogP contribution in [0, 0.1) is 11.3 Å². The largest absolute Gasteiger partial charge is 0.361 e. The summed E-state index contributed by atoms with van der Waals surface area (Å²) < 4.78 is 2.03. The van der Waals surface area contributed by atoms with E-state index < -0.39 is 0 Å². The van der Waals surface area contributed by atoms with Gasteiger partial charge in [0, 0.05) is 22.7 Å². The van der Waals surface area contributed by atoms with Gasteiger partial charge in [-0.25, -0.2) is 4.98 Å². The molecule has 0 saturated carbocycles. The summed E-state index contributed by atoms with van der Waals surface area (Å²) in [7, 11) is 0. The van der Waals surface area contributed by atoms with Crippen LogP contribution in [0.4, 0.5) is 0 Å². The second-order valence-electron chi connectivity index (χ2n) is 4.96. The van der Waals surface area contributed by atoms with Gasteiger partial charge < -0.3 is 4.98 Å². The number of H-pyrrole nitrogens is 1. The zero-order chi connectivity index (χ0) is 15.6. The summed E-state index contributed by atoms with van der Waals surface area (Å²) in [6.45, 7) is 0. The van der Waals surface area contributed by atoms with Gasteiger partial charge in [-0.3, -0.25) is 0 Å². The van der Waals surface area contributed by atoms with Crippen molar-refractivity contribution in [2.45, 2.75) is 4.34 Å². The van der Waals surface area contributed by atoms with E-state index in [2.05, 4.69) is 22.1 Å². The fraction of sp³-hybridized carbons (Fsp3) is 0. The monoisotopic (exact) mass is 333 g/mol. The van der Waals surface area contributed by atoms with Crippen molar-refractivity contribution in [2.24, 2.45) is 0 Å². The number of hydrogen-bond donors (Lipinski definition) is 1. The molecule has 0 atom stereocenters. The normalized spacial score (nSPS) is 11.9. The van der Waals surface area contributed by atoms with E-state index in [0.717, 1.165) is 31.0 Å². The van der Waals surface area contributed by atoms with Crippen molar-refractivity contribution >= 4 is 50.3 Å². The highest BCUT2D eigenvalue weighted by Crippen LogP contribution is 2.35. The molecular weight excluding hydrogens is 322 g/mol. The molecule has 5 heteroatoms. The van der Waals surface area contributed by atoms with Crippen molar-refractivity contribution in [1.29, 1.82) is 5.26 Å². The first-order valence-electron chi connectivity index (χ1n) is 7.05. The molecule has 2 heterocycles. The predicted molar refractivity (Wildman–Crippen MR) is 97.4 cm³/mol. The summed E-state index contributed by atoms with van der Waals surface area (Å²) in [4.78, 5) is 8.43. The third kappa shape index (κ3) is 2.74. The van der Waals surface area contributed by atoms with Crippen LogP contribution in [0.1, 0.15) is 5.56 Å². The van der Waals surface area contributed by atoms with Crippen LogP contribution < -0.4 is 0 Å². The molecule has 0 amide bonds. The molecule has 0 radical (unpaired) electrons. The number of thiazole rings is 1. The lowest BCUT2D eigenvalue weighted by Crippen LogP contribution is -1.75. The molecule has 4 rings (SSSR count). The first kappa shape index (κ1) is 14.1. The first-order chi connectivity index (χ1) is 11.3. The highest BCUT2D eigenvalue weighted by atomic mass is 32.2. The number of nitrogens with zero attached hydrogens (tertiary/aromatic N) is 2. The average Bonchev–Trinajstić information content (AvgIpc) is 3.18. The van der Waals surface area contributed by atoms with Crippen molar-refractivity contribution < 1.29 is 0 Å². The second-order valence-corrected chi connectivity index (χ2v) is 7.28. The van der Waals surface area contributed by atoms with E-state index in [1.54, 1.807) is 11.3 Å². The zero-order valence-corrected chi connectivity index (χ0v) is 13.6. The topological polar surface area (TPSA) is 52.5 Å². The zero-order valence-electron chi connectivity index (χ0n) is 12.0. The fourth-order valence-electron chi connectivity index (χ4n) is 2.43. The highest BCUT2D eigenvalue weighted by molar-refractivity contribution is 8.05. The van der Waals surface area contributed by atoms with Crippen LogP contribution >= 0.6 is 23.1 Å². The van der Waals surface area contributed by atoms with Crippen LogP contribution in [0.2, 0.25) is 0 Å². The molecule has 23 heavy (non-hydrogen) atoms. The minimum absolute atomic E-state index is 0.633. The van der Waals surface area contributed by atoms with E-state index in [4.69, 9.17) is 0 Å². The average molecular weight is 333 g/mol. The van der Waals surface area contributed by atoms with Crippen molar-refractivity contribution in [3.05, 3.63) is 65.2 Å². The molecule has 0 aliphatic rings. The Morgan fingerprint density at radius 3 is 2.87 bits per heavy atom.